The fourth-order valence-electron chi connectivity index (χ4n) is 2.88. The van der Waals surface area contributed by atoms with Gasteiger partial charge in [-0.25, -0.2) is 4.39 Å². The van der Waals surface area contributed by atoms with Crippen LogP contribution in [-0.4, -0.2) is 28.4 Å². The number of halogens is 1. The van der Waals surface area contributed by atoms with Crippen molar-refractivity contribution in [3.05, 3.63) is 71.5 Å². The van der Waals surface area contributed by atoms with E-state index in [9.17, 15) is 4.39 Å². The quantitative estimate of drug-likeness (QED) is 0.317. The van der Waals surface area contributed by atoms with Crippen molar-refractivity contribution < 1.29 is 23.3 Å². The summed E-state index contributed by atoms with van der Waals surface area (Å²) in [6.45, 7) is 0. The van der Waals surface area contributed by atoms with Gasteiger partial charge in [0.15, 0.2) is 23.1 Å². The van der Waals surface area contributed by atoms with Gasteiger partial charge in [-0.2, -0.15) is 0 Å². The van der Waals surface area contributed by atoms with Crippen molar-refractivity contribution in [3.8, 4) is 23.0 Å². The molecule has 0 heterocycles. The van der Waals surface area contributed by atoms with Crippen molar-refractivity contribution >= 4 is 29.8 Å². The highest BCUT2D eigenvalue weighted by atomic mass is 32.2. The Hall–Kier alpha value is -3.32. The van der Waals surface area contributed by atoms with Gasteiger partial charge in [0.1, 0.15) is 0 Å². The minimum absolute atomic E-state index is 0.229. The first-order valence-electron chi connectivity index (χ1n) is 9.42. The van der Waals surface area contributed by atoms with Gasteiger partial charge in [0.05, 0.1) is 28.4 Å². The standard InChI is InChI=1S/C24H24FNO4S/c1-27-21-12-11-19(15-20(21)25)31-26-18-9-7-16(8-10-18)5-6-17-13-22(28-2)24(30-4)23(14-17)29-3/h5-15,26H,1-4H3/b6-5-. The Balaban J connectivity index is 1.66. The topological polar surface area (TPSA) is 49.0 Å². The van der Waals surface area contributed by atoms with Gasteiger partial charge in [0.25, 0.3) is 0 Å². The predicted octanol–water partition coefficient (Wildman–Crippen LogP) is 6.15. The highest BCUT2D eigenvalue weighted by Gasteiger charge is 2.12. The maximum atomic E-state index is 13.8. The number of benzene rings is 3. The largest absolute Gasteiger partial charge is 0.494 e. The zero-order valence-electron chi connectivity index (χ0n) is 17.8. The van der Waals surface area contributed by atoms with E-state index in [0.29, 0.717) is 17.2 Å². The average molecular weight is 442 g/mol. The molecule has 3 rings (SSSR count). The summed E-state index contributed by atoms with van der Waals surface area (Å²) in [6.07, 6.45) is 3.97. The van der Waals surface area contributed by atoms with Gasteiger partial charge >= 0.3 is 0 Å². The third-order valence-electron chi connectivity index (χ3n) is 4.48. The van der Waals surface area contributed by atoms with Gasteiger partial charge in [0.2, 0.25) is 5.75 Å². The minimum Gasteiger partial charge on any atom is -0.494 e. The fraction of sp³-hybridized carbons (Fsp3) is 0.167. The van der Waals surface area contributed by atoms with Crippen LogP contribution in [0.5, 0.6) is 23.0 Å². The molecule has 0 radical (unpaired) electrons. The molecule has 7 heteroatoms. The second-order valence-corrected chi connectivity index (χ2v) is 7.29. The van der Waals surface area contributed by atoms with Crippen LogP contribution >= 0.6 is 11.9 Å². The van der Waals surface area contributed by atoms with Gasteiger partial charge in [-0.05, 0) is 65.5 Å². The summed E-state index contributed by atoms with van der Waals surface area (Å²) in [4.78, 5) is 0.754. The van der Waals surface area contributed by atoms with E-state index in [2.05, 4.69) is 4.72 Å². The molecule has 0 aliphatic rings. The average Bonchev–Trinajstić information content (AvgIpc) is 2.81. The van der Waals surface area contributed by atoms with E-state index in [-0.39, 0.29) is 11.6 Å². The Morgan fingerprint density at radius 2 is 1.32 bits per heavy atom. The molecule has 31 heavy (non-hydrogen) atoms. The Morgan fingerprint density at radius 3 is 1.87 bits per heavy atom. The summed E-state index contributed by atoms with van der Waals surface area (Å²) < 4.78 is 38.1. The minimum atomic E-state index is -0.387. The second-order valence-electron chi connectivity index (χ2n) is 6.41. The Bertz CT molecular complexity index is 1030. The maximum absolute atomic E-state index is 13.8. The molecule has 0 aliphatic heterocycles. The third kappa shape index (κ3) is 5.64. The summed E-state index contributed by atoms with van der Waals surface area (Å²) >= 11 is 1.33. The Labute approximate surface area is 185 Å². The number of methoxy groups -OCH3 is 4. The molecule has 0 saturated carbocycles. The van der Waals surface area contributed by atoms with Crippen molar-refractivity contribution in [2.24, 2.45) is 0 Å². The summed E-state index contributed by atoms with van der Waals surface area (Å²) in [5.41, 5.74) is 2.86. The molecule has 3 aromatic carbocycles. The second kappa shape index (κ2) is 10.6. The molecule has 3 aromatic rings. The smallest absolute Gasteiger partial charge is 0.203 e. The number of ether oxygens (including phenoxy) is 4. The van der Waals surface area contributed by atoms with Crippen LogP contribution in [0.15, 0.2) is 59.5 Å². The number of nitrogens with one attached hydrogen (secondary N) is 1. The zero-order valence-corrected chi connectivity index (χ0v) is 18.6. The zero-order chi connectivity index (χ0) is 22.2. The maximum Gasteiger partial charge on any atom is 0.203 e. The van der Waals surface area contributed by atoms with Crippen molar-refractivity contribution in [2.75, 3.05) is 33.2 Å². The van der Waals surface area contributed by atoms with Crippen LogP contribution in [0.1, 0.15) is 11.1 Å². The van der Waals surface area contributed by atoms with Crippen LogP contribution in [-0.2, 0) is 0 Å². The van der Waals surface area contributed by atoms with E-state index in [1.54, 1.807) is 33.5 Å². The highest BCUT2D eigenvalue weighted by Crippen LogP contribution is 2.38. The van der Waals surface area contributed by atoms with Crippen LogP contribution in [0, 0.1) is 5.82 Å². The number of hydrogen-bond acceptors (Lipinski definition) is 6. The van der Waals surface area contributed by atoms with Crippen molar-refractivity contribution in [2.45, 2.75) is 4.90 Å². The van der Waals surface area contributed by atoms with Gasteiger partial charge in [0, 0.05) is 10.6 Å². The van der Waals surface area contributed by atoms with Gasteiger partial charge in [-0.15, -0.1) is 0 Å². The summed E-state index contributed by atoms with van der Waals surface area (Å²) in [6, 6.07) is 16.5. The predicted molar refractivity (Wildman–Crippen MR) is 124 cm³/mol. The molecule has 0 aliphatic carbocycles. The van der Waals surface area contributed by atoms with E-state index in [4.69, 9.17) is 18.9 Å². The van der Waals surface area contributed by atoms with E-state index in [1.807, 2.05) is 48.6 Å². The molecule has 0 amide bonds. The van der Waals surface area contributed by atoms with Crippen LogP contribution in [0.4, 0.5) is 10.1 Å². The molecule has 0 aromatic heterocycles. The molecule has 0 unspecified atom stereocenters. The fourth-order valence-corrected chi connectivity index (χ4v) is 3.55. The van der Waals surface area contributed by atoms with Crippen LogP contribution < -0.4 is 23.7 Å². The van der Waals surface area contributed by atoms with E-state index < -0.39 is 0 Å². The van der Waals surface area contributed by atoms with Gasteiger partial charge in [-0.3, -0.25) is 0 Å². The summed E-state index contributed by atoms with van der Waals surface area (Å²) in [5.74, 6) is 1.61. The van der Waals surface area contributed by atoms with Crippen LogP contribution in [0.2, 0.25) is 0 Å². The molecule has 162 valence electrons. The monoisotopic (exact) mass is 441 g/mol. The van der Waals surface area contributed by atoms with Gasteiger partial charge in [-0.1, -0.05) is 24.3 Å². The van der Waals surface area contributed by atoms with Crippen molar-refractivity contribution in [3.63, 3.8) is 0 Å². The molecule has 0 atom stereocenters. The lowest BCUT2D eigenvalue weighted by Crippen LogP contribution is -1.95. The number of hydrogen-bond donors (Lipinski definition) is 1. The van der Waals surface area contributed by atoms with Crippen molar-refractivity contribution in [1.82, 2.24) is 0 Å². The normalized spacial score (nSPS) is 10.7. The molecule has 5 nitrogen and oxygen atoms in total. The molecule has 0 fully saturated rings. The first kappa shape index (κ1) is 22.4. The molecule has 0 bridgehead atoms. The summed E-state index contributed by atoms with van der Waals surface area (Å²) in [7, 11) is 6.21. The van der Waals surface area contributed by atoms with E-state index >= 15 is 0 Å². The third-order valence-corrected chi connectivity index (χ3v) is 5.30. The highest BCUT2D eigenvalue weighted by molar-refractivity contribution is 8.00. The molecular weight excluding hydrogens is 417 g/mol. The molecule has 1 N–H and O–H groups in total. The Kier molecular flexibility index (Phi) is 7.67. The van der Waals surface area contributed by atoms with Crippen LogP contribution in [0.25, 0.3) is 12.2 Å². The first-order valence-corrected chi connectivity index (χ1v) is 10.2. The lowest BCUT2D eigenvalue weighted by molar-refractivity contribution is 0.324. The van der Waals surface area contributed by atoms with E-state index in [1.165, 1.54) is 25.1 Å². The lowest BCUT2D eigenvalue weighted by atomic mass is 10.1. The molecule has 0 spiro atoms. The van der Waals surface area contributed by atoms with Crippen molar-refractivity contribution in [1.29, 1.82) is 0 Å². The summed E-state index contributed by atoms with van der Waals surface area (Å²) in [5, 5.41) is 0. The molecule has 0 saturated heterocycles. The van der Waals surface area contributed by atoms with Gasteiger partial charge < -0.3 is 23.7 Å². The first-order chi connectivity index (χ1) is 15.1. The lowest BCUT2D eigenvalue weighted by Gasteiger charge is -2.12. The number of anilines is 1. The van der Waals surface area contributed by atoms with E-state index in [0.717, 1.165) is 21.7 Å². The Morgan fingerprint density at radius 1 is 0.710 bits per heavy atom. The number of rotatable bonds is 9. The van der Waals surface area contributed by atoms with Crippen LogP contribution in [0.3, 0.4) is 0 Å². The SMILES string of the molecule is COc1ccc(SNc2ccc(/C=C\c3cc(OC)c(OC)c(OC)c3)cc2)cc1F. The molecular formula is C24H24FNO4S.